The van der Waals surface area contributed by atoms with E-state index in [2.05, 4.69) is 0 Å². The van der Waals surface area contributed by atoms with Crippen LogP contribution in [0.1, 0.15) is 40.3 Å². The molecule has 2 saturated heterocycles. The van der Waals surface area contributed by atoms with Gasteiger partial charge < -0.3 is 33.5 Å². The third kappa shape index (κ3) is 7.36. The Hall–Kier alpha value is -4.54. The van der Waals surface area contributed by atoms with Crippen molar-refractivity contribution < 1.29 is 38.3 Å². The molecule has 8 nitrogen and oxygen atoms in total. The van der Waals surface area contributed by atoms with Gasteiger partial charge in [-0.1, -0.05) is 121 Å². The number of ether oxygens (including phenoxy) is 6. The number of benzene rings is 5. The molecule has 52 heavy (non-hydrogen) atoms. The average molecular weight is 721 g/mol. The van der Waals surface area contributed by atoms with Gasteiger partial charge in [-0.25, -0.2) is 4.79 Å². The molecule has 2 aliphatic rings. The third-order valence-electron chi connectivity index (χ3n) is 9.50. The van der Waals surface area contributed by atoms with Gasteiger partial charge in [-0.3, -0.25) is 0 Å². The highest BCUT2D eigenvalue weighted by atomic mass is 35.5. The van der Waals surface area contributed by atoms with E-state index in [-0.39, 0.29) is 19.8 Å². The molecule has 5 aromatic rings. The number of fused-ring (bicyclic) bond motifs is 2. The Morgan fingerprint density at radius 2 is 1.25 bits per heavy atom. The molecule has 2 aliphatic heterocycles. The van der Waals surface area contributed by atoms with Crippen LogP contribution >= 0.6 is 11.6 Å². The molecule has 0 aliphatic carbocycles. The summed E-state index contributed by atoms with van der Waals surface area (Å²) in [6, 6.07) is 42.2. The molecule has 1 N–H and O–H groups in total. The first kappa shape index (κ1) is 35.8. The van der Waals surface area contributed by atoms with E-state index in [1.54, 1.807) is 12.1 Å². The molecule has 2 bridgehead atoms. The number of esters is 1. The van der Waals surface area contributed by atoms with Crippen LogP contribution in [0.15, 0.2) is 133 Å². The Morgan fingerprint density at radius 3 is 1.81 bits per heavy atom. The number of hydrogen-bond acceptors (Lipinski definition) is 8. The van der Waals surface area contributed by atoms with Gasteiger partial charge in [-0.15, -0.1) is 0 Å². The second-order valence-corrected chi connectivity index (χ2v) is 13.4. The zero-order valence-electron chi connectivity index (χ0n) is 28.9. The maximum absolute atomic E-state index is 14.2. The highest BCUT2D eigenvalue weighted by Gasteiger charge is 2.74. The lowest BCUT2D eigenvalue weighted by atomic mass is 9.82. The van der Waals surface area contributed by atoms with Crippen LogP contribution in [-0.2, 0) is 60.5 Å². The summed E-state index contributed by atoms with van der Waals surface area (Å²) in [5.74, 6) is -1.81. The molecule has 5 aromatic carbocycles. The molecule has 5 atom stereocenters. The van der Waals surface area contributed by atoms with Gasteiger partial charge >= 0.3 is 5.97 Å². The molecule has 0 saturated carbocycles. The van der Waals surface area contributed by atoms with Crippen LogP contribution in [-0.4, -0.2) is 48.2 Å². The van der Waals surface area contributed by atoms with Crippen molar-refractivity contribution in [3.05, 3.63) is 172 Å². The molecule has 0 radical (unpaired) electrons. The van der Waals surface area contributed by atoms with Crippen LogP contribution < -0.4 is 4.74 Å². The summed E-state index contributed by atoms with van der Waals surface area (Å²) < 4.78 is 38.8. The van der Waals surface area contributed by atoms with Crippen molar-refractivity contribution in [2.45, 2.75) is 62.9 Å². The fourth-order valence-corrected chi connectivity index (χ4v) is 7.05. The Balaban J connectivity index is 1.31. The summed E-state index contributed by atoms with van der Waals surface area (Å²) in [7, 11) is 0. The summed E-state index contributed by atoms with van der Waals surface area (Å²) in [5.41, 5.74) is 3.05. The first-order valence-corrected chi connectivity index (χ1v) is 17.8. The third-order valence-corrected chi connectivity index (χ3v) is 9.87. The largest absolute Gasteiger partial charge is 0.494 e. The topological polar surface area (TPSA) is 92.7 Å². The lowest BCUT2D eigenvalue weighted by Crippen LogP contribution is -2.68. The van der Waals surface area contributed by atoms with Crippen molar-refractivity contribution in [1.29, 1.82) is 0 Å². The van der Waals surface area contributed by atoms with Crippen LogP contribution in [0, 0.1) is 0 Å². The van der Waals surface area contributed by atoms with E-state index in [4.69, 9.17) is 40.0 Å². The first-order chi connectivity index (χ1) is 25.4. The number of carbonyl (C=O) groups excluding carboxylic acids is 1. The minimum Gasteiger partial charge on any atom is -0.494 e. The molecule has 2 heterocycles. The number of aliphatic hydroxyl groups excluding tert-OH is 1. The molecule has 9 heteroatoms. The van der Waals surface area contributed by atoms with E-state index in [1.165, 1.54) is 0 Å². The Morgan fingerprint density at radius 1 is 0.692 bits per heavy atom. The fourth-order valence-electron chi connectivity index (χ4n) is 6.87. The molecule has 0 amide bonds. The van der Waals surface area contributed by atoms with Crippen LogP contribution in [0.4, 0.5) is 0 Å². The van der Waals surface area contributed by atoms with E-state index in [1.807, 2.05) is 128 Å². The van der Waals surface area contributed by atoms with Gasteiger partial charge in [-0.2, -0.15) is 0 Å². The lowest BCUT2D eigenvalue weighted by molar-refractivity contribution is -0.353. The number of aliphatic hydroxyl groups is 1. The van der Waals surface area contributed by atoms with E-state index in [0.29, 0.717) is 23.6 Å². The van der Waals surface area contributed by atoms with Gasteiger partial charge in [0.15, 0.2) is 6.10 Å². The molecule has 0 aromatic heterocycles. The van der Waals surface area contributed by atoms with Gasteiger partial charge in [0.1, 0.15) is 18.0 Å². The SMILES string of the molecule is CCOc1ccc(Cc2cc([C@]34OC(=O)[C@](CO)(O3)[C@@H](OCc3ccccc3)[C@H](OCc3ccccc3)[C@H]4OCc3ccccc3)ccc2Cl)cc1. The molecular weight excluding hydrogens is 680 g/mol. The minimum atomic E-state index is -1.92. The second kappa shape index (κ2) is 16.0. The molecule has 0 unspecified atom stereocenters. The summed E-state index contributed by atoms with van der Waals surface area (Å²) in [5, 5.41) is 11.6. The molecular formula is C43H41ClO8. The highest BCUT2D eigenvalue weighted by molar-refractivity contribution is 6.31. The number of carbonyl (C=O) groups is 1. The van der Waals surface area contributed by atoms with Crippen LogP contribution in [0.3, 0.4) is 0 Å². The zero-order chi connectivity index (χ0) is 36.0. The standard InChI is InChI=1S/C43H41ClO8/c1-2-47-36-21-18-30(19-22-36)24-34-25-35(20-23-37(34)44)43-40(50-28-33-16-10-5-11-17-33)38(48-26-31-12-6-3-7-13-31)39(42(29-45,52-43)41(46)51-43)49-27-32-14-8-4-9-15-32/h3-23,25,38-40,45H,2,24,26-29H2,1H3/t38-,39-,40+,42+,43-/m0/s1. The van der Waals surface area contributed by atoms with Gasteiger partial charge in [-0.05, 0) is 65.4 Å². The van der Waals surface area contributed by atoms with E-state index < -0.39 is 42.3 Å². The van der Waals surface area contributed by atoms with E-state index in [0.717, 1.165) is 33.6 Å². The predicted octanol–water partition coefficient (Wildman–Crippen LogP) is 7.56. The van der Waals surface area contributed by atoms with Crippen molar-refractivity contribution >= 4 is 17.6 Å². The van der Waals surface area contributed by atoms with Gasteiger partial charge in [0.05, 0.1) is 33.0 Å². The van der Waals surface area contributed by atoms with Crippen molar-refractivity contribution in [2.24, 2.45) is 0 Å². The summed E-state index contributed by atoms with van der Waals surface area (Å²) in [4.78, 5) is 14.2. The maximum Gasteiger partial charge on any atom is 0.346 e. The maximum atomic E-state index is 14.2. The van der Waals surface area contributed by atoms with Crippen molar-refractivity contribution in [1.82, 2.24) is 0 Å². The average Bonchev–Trinajstić information content (AvgIpc) is 3.46. The zero-order valence-corrected chi connectivity index (χ0v) is 29.6. The van der Waals surface area contributed by atoms with Crippen LogP contribution in [0.5, 0.6) is 5.75 Å². The highest BCUT2D eigenvalue weighted by Crippen LogP contribution is 2.53. The number of rotatable bonds is 15. The lowest BCUT2D eigenvalue weighted by Gasteiger charge is -2.48. The number of halogens is 1. The van der Waals surface area contributed by atoms with Crippen molar-refractivity contribution in [3.63, 3.8) is 0 Å². The first-order valence-electron chi connectivity index (χ1n) is 17.5. The van der Waals surface area contributed by atoms with E-state index in [9.17, 15) is 9.90 Å². The van der Waals surface area contributed by atoms with Crippen molar-refractivity contribution in [3.8, 4) is 5.75 Å². The molecule has 7 rings (SSSR count). The molecule has 0 spiro atoms. The smallest absolute Gasteiger partial charge is 0.346 e. The summed E-state index contributed by atoms with van der Waals surface area (Å²) in [6.07, 6.45) is -2.60. The monoisotopic (exact) mass is 720 g/mol. The Kier molecular flexibility index (Phi) is 11.0. The predicted molar refractivity (Wildman–Crippen MR) is 196 cm³/mol. The Bertz CT molecular complexity index is 1920. The van der Waals surface area contributed by atoms with Crippen molar-refractivity contribution in [2.75, 3.05) is 13.2 Å². The fraction of sp³-hybridized carbons (Fsp3) is 0.279. The summed E-state index contributed by atoms with van der Waals surface area (Å²) in [6.45, 7) is 2.27. The van der Waals surface area contributed by atoms with Gasteiger partial charge in [0, 0.05) is 10.6 Å². The minimum absolute atomic E-state index is 0.126. The van der Waals surface area contributed by atoms with E-state index >= 15 is 0 Å². The van der Waals surface area contributed by atoms with Gasteiger partial charge in [0.2, 0.25) is 5.60 Å². The van der Waals surface area contributed by atoms with Crippen LogP contribution in [0.25, 0.3) is 0 Å². The Labute approximate surface area is 308 Å². The quantitative estimate of drug-likeness (QED) is 0.111. The molecule has 2 fully saturated rings. The van der Waals surface area contributed by atoms with Gasteiger partial charge in [0.25, 0.3) is 5.79 Å². The van der Waals surface area contributed by atoms with Crippen LogP contribution in [0.2, 0.25) is 5.02 Å². The summed E-state index contributed by atoms with van der Waals surface area (Å²) >= 11 is 6.81. The number of hydrogen-bond donors (Lipinski definition) is 1. The second-order valence-electron chi connectivity index (χ2n) is 13.0. The molecule has 268 valence electrons. The normalized spacial score (nSPS) is 23.7.